The number of nitrogens with zero attached hydrogens (tertiary/aromatic N) is 1. The Kier molecular flexibility index (Phi) is 6.40. The summed E-state index contributed by atoms with van der Waals surface area (Å²) in [7, 11) is 1.32. The molecular weight excluding hydrogens is 396 g/mol. The number of hydrogen-bond donors (Lipinski definition) is 1. The lowest BCUT2D eigenvalue weighted by atomic mass is 9.87. The molecule has 5 nitrogen and oxygen atoms in total. The zero-order valence-corrected chi connectivity index (χ0v) is 16.6. The topological polar surface area (TPSA) is 79.2 Å². The SMILES string of the molecule is COC(=O)c1ccc([C@@H]2CC(=O)NC(SCc3ccc(Cl)cc3)=C2C#N)cc1. The molecule has 1 heterocycles. The van der Waals surface area contributed by atoms with Crippen molar-refractivity contribution in [3.05, 3.63) is 80.8 Å². The molecule has 3 rings (SSSR count). The third-order valence-corrected chi connectivity index (χ3v) is 5.73. The van der Waals surface area contributed by atoms with E-state index in [2.05, 4.69) is 11.4 Å². The maximum atomic E-state index is 12.2. The lowest BCUT2D eigenvalue weighted by molar-refractivity contribution is -0.120. The Labute approximate surface area is 172 Å². The van der Waals surface area contributed by atoms with Crippen LogP contribution in [-0.4, -0.2) is 19.0 Å². The highest BCUT2D eigenvalue weighted by atomic mass is 35.5. The molecule has 142 valence electrons. The number of hydrogen-bond acceptors (Lipinski definition) is 5. The van der Waals surface area contributed by atoms with Crippen LogP contribution in [0.25, 0.3) is 0 Å². The lowest BCUT2D eigenvalue weighted by Gasteiger charge is -2.25. The predicted molar refractivity (Wildman–Crippen MR) is 109 cm³/mol. The second kappa shape index (κ2) is 8.96. The second-order valence-corrected chi connectivity index (χ2v) is 7.61. The molecule has 1 aliphatic heterocycles. The number of nitrogens with one attached hydrogen (secondary N) is 1. The summed E-state index contributed by atoms with van der Waals surface area (Å²) in [5.74, 6) is -0.313. The minimum Gasteiger partial charge on any atom is -0.465 e. The molecule has 0 saturated carbocycles. The quantitative estimate of drug-likeness (QED) is 0.736. The second-order valence-electron chi connectivity index (χ2n) is 6.19. The molecule has 0 spiro atoms. The van der Waals surface area contributed by atoms with Gasteiger partial charge in [-0.15, -0.1) is 11.8 Å². The van der Waals surface area contributed by atoms with Gasteiger partial charge in [-0.3, -0.25) is 4.79 Å². The lowest BCUT2D eigenvalue weighted by Crippen LogP contribution is -2.30. The fraction of sp³-hybridized carbons (Fsp3) is 0.190. The van der Waals surface area contributed by atoms with Gasteiger partial charge in [0.2, 0.25) is 5.91 Å². The van der Waals surface area contributed by atoms with Crippen molar-refractivity contribution in [3.63, 3.8) is 0 Å². The van der Waals surface area contributed by atoms with Crippen LogP contribution >= 0.6 is 23.4 Å². The normalized spacial score (nSPS) is 16.3. The van der Waals surface area contributed by atoms with Crippen LogP contribution in [0.1, 0.15) is 33.8 Å². The van der Waals surface area contributed by atoms with Crippen LogP contribution in [-0.2, 0) is 15.3 Å². The summed E-state index contributed by atoms with van der Waals surface area (Å²) in [6, 6.07) is 16.5. The number of allylic oxidation sites excluding steroid dienone is 1. The molecule has 1 aliphatic rings. The standard InChI is InChI=1S/C21H17ClN2O3S/c1-27-21(26)15-6-4-14(5-7-15)17-10-19(25)24-20(18(17)11-23)28-12-13-2-8-16(22)9-3-13/h2-9,17H,10,12H2,1H3,(H,24,25)/t17-/m0/s1. The maximum absolute atomic E-state index is 12.2. The summed E-state index contributed by atoms with van der Waals surface area (Å²) >= 11 is 7.32. The number of amides is 1. The number of rotatable bonds is 5. The van der Waals surface area contributed by atoms with Crippen LogP contribution in [0, 0.1) is 11.3 Å². The van der Waals surface area contributed by atoms with E-state index in [0.29, 0.717) is 26.9 Å². The molecule has 0 saturated heterocycles. The number of carbonyl (C=O) groups excluding carboxylic acids is 2. The van der Waals surface area contributed by atoms with Crippen LogP contribution in [0.4, 0.5) is 0 Å². The number of thioether (sulfide) groups is 1. The number of benzene rings is 2. The van der Waals surface area contributed by atoms with Gasteiger partial charge in [-0.05, 0) is 35.4 Å². The van der Waals surface area contributed by atoms with Gasteiger partial charge in [0.25, 0.3) is 0 Å². The van der Waals surface area contributed by atoms with Gasteiger partial charge in [0, 0.05) is 23.1 Å². The van der Waals surface area contributed by atoms with Gasteiger partial charge in [0.1, 0.15) is 0 Å². The molecule has 0 unspecified atom stereocenters. The third kappa shape index (κ3) is 4.56. The van der Waals surface area contributed by atoms with Crippen molar-refractivity contribution in [1.82, 2.24) is 5.32 Å². The van der Waals surface area contributed by atoms with E-state index in [9.17, 15) is 14.9 Å². The Bertz CT molecular complexity index is 963. The Hall–Kier alpha value is -2.75. The molecule has 28 heavy (non-hydrogen) atoms. The maximum Gasteiger partial charge on any atom is 0.337 e. The molecule has 0 aliphatic carbocycles. The highest BCUT2D eigenvalue weighted by Crippen LogP contribution is 2.37. The number of carbonyl (C=O) groups is 2. The van der Waals surface area contributed by atoms with Gasteiger partial charge in [-0.2, -0.15) is 5.26 Å². The van der Waals surface area contributed by atoms with Crippen LogP contribution in [0.5, 0.6) is 0 Å². The first-order valence-electron chi connectivity index (χ1n) is 8.51. The van der Waals surface area contributed by atoms with Gasteiger partial charge in [0.05, 0.1) is 29.3 Å². The average molecular weight is 413 g/mol. The Morgan fingerprint density at radius 1 is 1.25 bits per heavy atom. The molecule has 2 aromatic rings. The molecule has 1 amide bonds. The number of esters is 1. The molecule has 0 bridgehead atoms. The van der Waals surface area contributed by atoms with Gasteiger partial charge in [0.15, 0.2) is 0 Å². The minimum absolute atomic E-state index is 0.139. The highest BCUT2D eigenvalue weighted by Gasteiger charge is 2.29. The molecule has 2 aromatic carbocycles. The predicted octanol–water partition coefficient (Wildman–Crippen LogP) is 4.40. The zero-order chi connectivity index (χ0) is 20.1. The number of ether oxygens (including phenoxy) is 1. The first-order chi connectivity index (χ1) is 13.5. The van der Waals surface area contributed by atoms with E-state index >= 15 is 0 Å². The highest BCUT2D eigenvalue weighted by molar-refractivity contribution is 8.02. The summed E-state index contributed by atoms with van der Waals surface area (Å²) in [6.45, 7) is 0. The number of methoxy groups -OCH3 is 1. The molecular formula is C21H17ClN2O3S. The smallest absolute Gasteiger partial charge is 0.337 e. The van der Waals surface area contributed by atoms with Crippen molar-refractivity contribution in [2.75, 3.05) is 7.11 Å². The molecule has 0 aromatic heterocycles. The van der Waals surface area contributed by atoms with Gasteiger partial charge >= 0.3 is 5.97 Å². The van der Waals surface area contributed by atoms with E-state index in [-0.39, 0.29) is 18.2 Å². The minimum atomic E-state index is -0.428. The van der Waals surface area contributed by atoms with Crippen LogP contribution in [0.15, 0.2) is 59.1 Å². The summed E-state index contributed by atoms with van der Waals surface area (Å²) in [5.41, 5.74) is 2.79. The largest absolute Gasteiger partial charge is 0.465 e. The van der Waals surface area contributed by atoms with E-state index in [1.54, 1.807) is 24.3 Å². The van der Waals surface area contributed by atoms with Gasteiger partial charge < -0.3 is 10.1 Å². The van der Waals surface area contributed by atoms with Crippen molar-refractivity contribution < 1.29 is 14.3 Å². The van der Waals surface area contributed by atoms with E-state index < -0.39 is 5.97 Å². The molecule has 1 atom stereocenters. The fourth-order valence-electron chi connectivity index (χ4n) is 2.92. The number of nitriles is 1. The van der Waals surface area contributed by atoms with E-state index in [0.717, 1.165) is 11.1 Å². The third-order valence-electron chi connectivity index (χ3n) is 4.39. The molecule has 0 fully saturated rings. The van der Waals surface area contributed by atoms with Crippen molar-refractivity contribution in [3.8, 4) is 6.07 Å². The van der Waals surface area contributed by atoms with Crippen molar-refractivity contribution >= 4 is 35.2 Å². The van der Waals surface area contributed by atoms with Crippen molar-refractivity contribution in [2.45, 2.75) is 18.1 Å². The Morgan fingerprint density at radius 3 is 2.54 bits per heavy atom. The van der Waals surface area contributed by atoms with E-state index in [1.165, 1.54) is 18.9 Å². The Balaban J connectivity index is 1.85. The molecule has 1 N–H and O–H groups in total. The van der Waals surface area contributed by atoms with E-state index in [1.807, 2.05) is 24.3 Å². The molecule has 7 heteroatoms. The molecule has 0 radical (unpaired) electrons. The van der Waals surface area contributed by atoms with Gasteiger partial charge in [-0.1, -0.05) is 35.9 Å². The van der Waals surface area contributed by atoms with Crippen LogP contribution in [0.2, 0.25) is 5.02 Å². The van der Waals surface area contributed by atoms with Crippen LogP contribution in [0.3, 0.4) is 0 Å². The summed E-state index contributed by atoms with van der Waals surface area (Å²) in [6.07, 6.45) is 0.186. The summed E-state index contributed by atoms with van der Waals surface area (Å²) < 4.78 is 4.70. The fourth-order valence-corrected chi connectivity index (χ4v) is 4.08. The zero-order valence-electron chi connectivity index (χ0n) is 15.1. The summed E-state index contributed by atoms with van der Waals surface area (Å²) in [5, 5.41) is 13.8. The number of halogens is 1. The summed E-state index contributed by atoms with van der Waals surface area (Å²) in [4.78, 5) is 23.8. The van der Waals surface area contributed by atoms with Gasteiger partial charge in [-0.25, -0.2) is 4.79 Å². The van der Waals surface area contributed by atoms with Crippen molar-refractivity contribution in [1.29, 1.82) is 5.26 Å². The Morgan fingerprint density at radius 2 is 1.93 bits per heavy atom. The van der Waals surface area contributed by atoms with E-state index in [4.69, 9.17) is 16.3 Å². The first kappa shape index (κ1) is 20.0. The average Bonchev–Trinajstić information content (AvgIpc) is 2.72. The van der Waals surface area contributed by atoms with Crippen molar-refractivity contribution in [2.24, 2.45) is 0 Å². The monoisotopic (exact) mass is 412 g/mol. The first-order valence-corrected chi connectivity index (χ1v) is 9.88. The van der Waals surface area contributed by atoms with Crippen LogP contribution < -0.4 is 5.32 Å².